The van der Waals surface area contributed by atoms with Crippen molar-refractivity contribution in [3.63, 3.8) is 0 Å². The average molecular weight is 454 g/mol. The molecule has 1 aromatic heterocycles. The minimum Gasteiger partial charge on any atom is -0.497 e. The van der Waals surface area contributed by atoms with Crippen molar-refractivity contribution >= 4 is 16.5 Å². The minimum absolute atomic E-state index is 0.513. The van der Waals surface area contributed by atoms with Crippen LogP contribution in [-0.2, 0) is 24.4 Å². The zero-order valence-electron chi connectivity index (χ0n) is 18.8. The lowest BCUT2D eigenvalue weighted by atomic mass is 10.1. The second kappa shape index (κ2) is 11.3. The van der Waals surface area contributed by atoms with Crippen molar-refractivity contribution in [3.05, 3.63) is 70.7 Å². The van der Waals surface area contributed by atoms with E-state index >= 15 is 0 Å². The predicted octanol–water partition coefficient (Wildman–Crippen LogP) is 4.64. The van der Waals surface area contributed by atoms with E-state index in [1.54, 1.807) is 25.6 Å². The first kappa shape index (κ1) is 22.6. The Bertz CT molecular complexity index is 938. The maximum absolute atomic E-state index is 5.46. The van der Waals surface area contributed by atoms with Gasteiger partial charge in [-0.15, -0.1) is 11.3 Å². The standard InChI is InChI=1S/C25H31N3O3S/c1-29-23-7-3-5-19(13-23)16-28(17-20-6-4-8-24(14-20)30-2)25-27-22(18-32-25)15-26-21-9-11-31-12-10-21/h3-8,13-14,18,21,26H,9-12,15-17H2,1-2H3. The minimum atomic E-state index is 0.513. The first-order valence-corrected chi connectivity index (χ1v) is 11.9. The monoisotopic (exact) mass is 453 g/mol. The Morgan fingerprint density at radius 1 is 1.00 bits per heavy atom. The lowest BCUT2D eigenvalue weighted by molar-refractivity contribution is 0.0775. The second-order valence-corrected chi connectivity index (χ2v) is 8.78. The smallest absolute Gasteiger partial charge is 0.186 e. The van der Waals surface area contributed by atoms with E-state index in [1.165, 1.54) is 11.1 Å². The molecule has 3 aromatic rings. The predicted molar refractivity (Wildman–Crippen MR) is 129 cm³/mol. The van der Waals surface area contributed by atoms with Crippen LogP contribution in [0.25, 0.3) is 0 Å². The van der Waals surface area contributed by atoms with Crippen LogP contribution in [0.2, 0.25) is 0 Å². The summed E-state index contributed by atoms with van der Waals surface area (Å²) in [6.45, 7) is 3.96. The van der Waals surface area contributed by atoms with Gasteiger partial charge in [-0.1, -0.05) is 24.3 Å². The van der Waals surface area contributed by atoms with Crippen molar-refractivity contribution < 1.29 is 14.2 Å². The highest BCUT2D eigenvalue weighted by Gasteiger charge is 2.16. The highest BCUT2D eigenvalue weighted by Crippen LogP contribution is 2.27. The third kappa shape index (κ3) is 6.22. The number of rotatable bonds is 10. The lowest BCUT2D eigenvalue weighted by Gasteiger charge is -2.23. The van der Waals surface area contributed by atoms with Gasteiger partial charge in [0, 0.05) is 44.3 Å². The number of hydrogen-bond donors (Lipinski definition) is 1. The summed E-state index contributed by atoms with van der Waals surface area (Å²) >= 11 is 1.69. The number of benzene rings is 2. The van der Waals surface area contributed by atoms with Crippen molar-refractivity contribution in [2.45, 2.75) is 38.5 Å². The van der Waals surface area contributed by atoms with Crippen molar-refractivity contribution in [3.8, 4) is 11.5 Å². The van der Waals surface area contributed by atoms with Crippen LogP contribution < -0.4 is 19.7 Å². The zero-order valence-corrected chi connectivity index (χ0v) is 19.6. The molecule has 1 aliphatic rings. The highest BCUT2D eigenvalue weighted by molar-refractivity contribution is 7.13. The van der Waals surface area contributed by atoms with Crippen molar-refractivity contribution in [2.75, 3.05) is 32.3 Å². The summed E-state index contributed by atoms with van der Waals surface area (Å²) in [6.07, 6.45) is 2.13. The van der Waals surface area contributed by atoms with E-state index in [2.05, 4.69) is 39.9 Å². The lowest BCUT2D eigenvalue weighted by Crippen LogP contribution is -2.34. The molecule has 32 heavy (non-hydrogen) atoms. The van der Waals surface area contributed by atoms with E-state index in [4.69, 9.17) is 19.2 Å². The number of aromatic nitrogens is 1. The molecule has 4 rings (SSSR count). The Morgan fingerprint density at radius 3 is 2.22 bits per heavy atom. The van der Waals surface area contributed by atoms with Crippen molar-refractivity contribution in [1.29, 1.82) is 0 Å². The summed E-state index contributed by atoms with van der Waals surface area (Å²) in [7, 11) is 3.40. The number of thiazole rings is 1. The van der Waals surface area contributed by atoms with Gasteiger partial charge in [-0.2, -0.15) is 0 Å². The number of anilines is 1. The molecule has 0 aliphatic carbocycles. The molecule has 2 heterocycles. The molecule has 7 heteroatoms. The topological polar surface area (TPSA) is 55.9 Å². The molecule has 6 nitrogen and oxygen atoms in total. The number of hydrogen-bond acceptors (Lipinski definition) is 7. The Kier molecular flexibility index (Phi) is 7.98. The first-order chi connectivity index (χ1) is 15.7. The highest BCUT2D eigenvalue weighted by atomic mass is 32.1. The number of nitrogens with one attached hydrogen (secondary N) is 1. The Balaban J connectivity index is 1.50. The third-order valence-electron chi connectivity index (χ3n) is 5.62. The van der Waals surface area contributed by atoms with E-state index < -0.39 is 0 Å². The average Bonchev–Trinajstić information content (AvgIpc) is 3.32. The fraction of sp³-hybridized carbons (Fsp3) is 0.400. The number of methoxy groups -OCH3 is 2. The third-order valence-corrected chi connectivity index (χ3v) is 6.57. The van der Waals surface area contributed by atoms with Gasteiger partial charge < -0.3 is 24.4 Å². The van der Waals surface area contributed by atoms with Crippen LogP contribution in [0.3, 0.4) is 0 Å². The number of nitrogens with zero attached hydrogens (tertiary/aromatic N) is 2. The molecule has 170 valence electrons. The van der Waals surface area contributed by atoms with Crippen molar-refractivity contribution in [2.24, 2.45) is 0 Å². The molecule has 0 bridgehead atoms. The van der Waals surface area contributed by atoms with E-state index in [9.17, 15) is 0 Å². The van der Waals surface area contributed by atoms with Gasteiger partial charge in [0.25, 0.3) is 0 Å². The summed E-state index contributed by atoms with van der Waals surface area (Å²) in [4.78, 5) is 7.27. The van der Waals surface area contributed by atoms with Gasteiger partial charge in [-0.05, 0) is 48.2 Å². The quantitative estimate of drug-likeness (QED) is 0.483. The number of ether oxygens (including phenoxy) is 3. The molecule has 0 radical (unpaired) electrons. The molecule has 1 N–H and O–H groups in total. The molecule has 0 saturated carbocycles. The van der Waals surface area contributed by atoms with Gasteiger partial charge >= 0.3 is 0 Å². The van der Waals surface area contributed by atoms with Crippen molar-refractivity contribution in [1.82, 2.24) is 10.3 Å². The zero-order chi connectivity index (χ0) is 22.2. The molecule has 1 fully saturated rings. The summed E-state index contributed by atoms with van der Waals surface area (Å²) in [5, 5.41) is 6.80. The molecule has 0 unspecified atom stereocenters. The largest absolute Gasteiger partial charge is 0.497 e. The van der Waals surface area contributed by atoms with Crippen LogP contribution in [0, 0.1) is 0 Å². The molecular formula is C25H31N3O3S. The normalized spacial score (nSPS) is 14.3. The fourth-order valence-corrected chi connectivity index (χ4v) is 4.67. The summed E-state index contributed by atoms with van der Waals surface area (Å²) in [6, 6.07) is 16.9. The maximum atomic E-state index is 5.46. The molecule has 1 saturated heterocycles. The molecule has 1 aliphatic heterocycles. The SMILES string of the molecule is COc1cccc(CN(Cc2cccc(OC)c2)c2nc(CNC3CCOCC3)cs2)c1. The van der Waals surface area contributed by atoms with Crippen LogP contribution >= 0.6 is 11.3 Å². The van der Waals surface area contributed by atoms with Gasteiger partial charge in [0.2, 0.25) is 0 Å². The van der Waals surface area contributed by atoms with Crippen LogP contribution in [0.15, 0.2) is 53.9 Å². The van der Waals surface area contributed by atoms with Crippen LogP contribution in [0.4, 0.5) is 5.13 Å². The van der Waals surface area contributed by atoms with Gasteiger partial charge in [0.1, 0.15) is 11.5 Å². The second-order valence-electron chi connectivity index (χ2n) is 7.95. The van der Waals surface area contributed by atoms with E-state index in [0.717, 1.165) is 68.0 Å². The summed E-state index contributed by atoms with van der Waals surface area (Å²) in [5.41, 5.74) is 3.45. The Hall–Kier alpha value is -2.61. The Labute approximate surface area is 194 Å². The van der Waals surface area contributed by atoms with Crippen LogP contribution in [0.5, 0.6) is 11.5 Å². The first-order valence-electron chi connectivity index (χ1n) is 11.0. The molecule has 2 aromatic carbocycles. The fourth-order valence-electron chi connectivity index (χ4n) is 3.85. The summed E-state index contributed by atoms with van der Waals surface area (Å²) in [5.74, 6) is 1.73. The van der Waals surface area contributed by atoms with Crippen LogP contribution in [-0.4, -0.2) is 38.5 Å². The Morgan fingerprint density at radius 2 is 1.62 bits per heavy atom. The van der Waals surface area contributed by atoms with E-state index in [1.807, 2.05) is 24.3 Å². The van der Waals surface area contributed by atoms with Crippen LogP contribution in [0.1, 0.15) is 29.7 Å². The molecule has 0 spiro atoms. The molecule has 0 atom stereocenters. The molecule has 0 amide bonds. The molecular weight excluding hydrogens is 422 g/mol. The van der Waals surface area contributed by atoms with Gasteiger partial charge in [-0.25, -0.2) is 4.98 Å². The van der Waals surface area contributed by atoms with Gasteiger partial charge in [-0.3, -0.25) is 0 Å². The maximum Gasteiger partial charge on any atom is 0.186 e. The van der Waals surface area contributed by atoms with Gasteiger partial charge in [0.15, 0.2) is 5.13 Å². The van der Waals surface area contributed by atoms with Gasteiger partial charge in [0.05, 0.1) is 19.9 Å². The van der Waals surface area contributed by atoms with E-state index in [0.29, 0.717) is 6.04 Å². The van der Waals surface area contributed by atoms with E-state index in [-0.39, 0.29) is 0 Å². The summed E-state index contributed by atoms with van der Waals surface area (Å²) < 4.78 is 16.3.